The van der Waals surface area contributed by atoms with Crippen LogP contribution in [0.2, 0.25) is 5.02 Å². The Hall–Kier alpha value is -0.770. The molecule has 4 heteroatoms. The van der Waals surface area contributed by atoms with Gasteiger partial charge in [-0.05, 0) is 43.4 Å². The standard InChI is InChI=1S/C14H20ClNO2/c1-17-14-7-4-10(9-12(14)15)13(16)6-5-11-3-2-8-18-11/h4,7,9,11,13H,2-3,5-6,8,16H2,1H3. The van der Waals surface area contributed by atoms with Gasteiger partial charge in [0.15, 0.2) is 0 Å². The summed E-state index contributed by atoms with van der Waals surface area (Å²) < 4.78 is 10.7. The third kappa shape index (κ3) is 3.37. The highest BCUT2D eigenvalue weighted by atomic mass is 35.5. The molecule has 1 aromatic carbocycles. The number of halogens is 1. The molecule has 0 aromatic heterocycles. The van der Waals surface area contributed by atoms with Crippen LogP contribution >= 0.6 is 11.6 Å². The Bertz CT molecular complexity index is 391. The van der Waals surface area contributed by atoms with Gasteiger partial charge in [0.1, 0.15) is 5.75 Å². The van der Waals surface area contributed by atoms with E-state index < -0.39 is 0 Å². The number of hydrogen-bond acceptors (Lipinski definition) is 3. The van der Waals surface area contributed by atoms with Gasteiger partial charge in [0.2, 0.25) is 0 Å². The molecule has 0 bridgehead atoms. The molecule has 2 unspecified atom stereocenters. The molecule has 2 atom stereocenters. The number of nitrogens with two attached hydrogens (primary N) is 1. The average Bonchev–Trinajstić information content (AvgIpc) is 2.89. The highest BCUT2D eigenvalue weighted by molar-refractivity contribution is 6.32. The van der Waals surface area contributed by atoms with Crippen molar-refractivity contribution in [1.82, 2.24) is 0 Å². The fourth-order valence-electron chi connectivity index (χ4n) is 2.32. The Morgan fingerprint density at radius 1 is 1.56 bits per heavy atom. The number of hydrogen-bond donors (Lipinski definition) is 1. The molecule has 1 heterocycles. The third-order valence-corrected chi connectivity index (χ3v) is 3.72. The Labute approximate surface area is 113 Å². The molecule has 100 valence electrons. The second-order valence-corrected chi connectivity index (χ2v) is 5.12. The van der Waals surface area contributed by atoms with Crippen LogP contribution in [0.5, 0.6) is 5.75 Å². The fraction of sp³-hybridized carbons (Fsp3) is 0.571. The number of benzene rings is 1. The molecule has 0 spiro atoms. The maximum absolute atomic E-state index is 6.18. The van der Waals surface area contributed by atoms with Crippen molar-refractivity contribution in [3.63, 3.8) is 0 Å². The van der Waals surface area contributed by atoms with Crippen LogP contribution in [0.15, 0.2) is 18.2 Å². The summed E-state index contributed by atoms with van der Waals surface area (Å²) in [6.45, 7) is 0.897. The lowest BCUT2D eigenvalue weighted by atomic mass is 10.00. The van der Waals surface area contributed by atoms with Gasteiger partial charge in [-0.15, -0.1) is 0 Å². The monoisotopic (exact) mass is 269 g/mol. The van der Waals surface area contributed by atoms with Crippen LogP contribution < -0.4 is 10.5 Å². The van der Waals surface area contributed by atoms with E-state index in [1.165, 1.54) is 6.42 Å². The van der Waals surface area contributed by atoms with E-state index in [0.717, 1.165) is 31.4 Å². The van der Waals surface area contributed by atoms with Crippen LogP contribution in [0.25, 0.3) is 0 Å². The Kier molecular flexibility index (Phi) is 4.87. The first kappa shape index (κ1) is 13.7. The van der Waals surface area contributed by atoms with Crippen molar-refractivity contribution in [2.24, 2.45) is 5.73 Å². The van der Waals surface area contributed by atoms with Gasteiger partial charge in [-0.2, -0.15) is 0 Å². The van der Waals surface area contributed by atoms with E-state index >= 15 is 0 Å². The second kappa shape index (κ2) is 6.41. The molecule has 2 N–H and O–H groups in total. The molecular weight excluding hydrogens is 250 g/mol. The van der Waals surface area contributed by atoms with E-state index in [1.54, 1.807) is 7.11 Å². The fourth-order valence-corrected chi connectivity index (χ4v) is 2.58. The molecule has 3 nitrogen and oxygen atoms in total. The lowest BCUT2D eigenvalue weighted by Gasteiger charge is -2.16. The zero-order valence-electron chi connectivity index (χ0n) is 10.7. The molecule has 18 heavy (non-hydrogen) atoms. The van der Waals surface area contributed by atoms with Crippen LogP contribution in [0.4, 0.5) is 0 Å². The van der Waals surface area contributed by atoms with Gasteiger partial charge in [0, 0.05) is 12.6 Å². The van der Waals surface area contributed by atoms with Crippen molar-refractivity contribution >= 4 is 11.6 Å². The first-order valence-corrected chi connectivity index (χ1v) is 6.79. The minimum absolute atomic E-state index is 0.0117. The first-order chi connectivity index (χ1) is 8.70. The predicted molar refractivity (Wildman–Crippen MR) is 73.1 cm³/mol. The minimum atomic E-state index is 0.0117. The lowest BCUT2D eigenvalue weighted by Crippen LogP contribution is -2.14. The molecule has 0 radical (unpaired) electrons. The van der Waals surface area contributed by atoms with E-state index in [9.17, 15) is 0 Å². The Balaban J connectivity index is 1.91. The van der Waals surface area contributed by atoms with Gasteiger partial charge in [-0.3, -0.25) is 0 Å². The number of rotatable bonds is 5. The van der Waals surface area contributed by atoms with Gasteiger partial charge >= 0.3 is 0 Å². The average molecular weight is 270 g/mol. The molecule has 1 aromatic rings. The molecule has 1 fully saturated rings. The zero-order valence-corrected chi connectivity index (χ0v) is 11.5. The summed E-state index contributed by atoms with van der Waals surface area (Å²) in [7, 11) is 1.61. The van der Waals surface area contributed by atoms with E-state index in [1.807, 2.05) is 18.2 Å². The maximum Gasteiger partial charge on any atom is 0.137 e. The molecule has 0 amide bonds. The molecule has 1 aliphatic heterocycles. The topological polar surface area (TPSA) is 44.5 Å². The third-order valence-electron chi connectivity index (χ3n) is 3.43. The Morgan fingerprint density at radius 2 is 2.39 bits per heavy atom. The van der Waals surface area contributed by atoms with E-state index in [2.05, 4.69) is 0 Å². The lowest BCUT2D eigenvalue weighted by molar-refractivity contribution is 0.101. The van der Waals surface area contributed by atoms with E-state index in [-0.39, 0.29) is 6.04 Å². The molecule has 2 rings (SSSR count). The van der Waals surface area contributed by atoms with Gasteiger partial charge in [0.25, 0.3) is 0 Å². The highest BCUT2D eigenvalue weighted by Crippen LogP contribution is 2.29. The minimum Gasteiger partial charge on any atom is -0.495 e. The van der Waals surface area contributed by atoms with Crippen molar-refractivity contribution in [1.29, 1.82) is 0 Å². The van der Waals surface area contributed by atoms with Crippen LogP contribution in [-0.2, 0) is 4.74 Å². The van der Waals surface area contributed by atoms with Crippen LogP contribution in [0.1, 0.15) is 37.3 Å². The second-order valence-electron chi connectivity index (χ2n) is 4.71. The van der Waals surface area contributed by atoms with Crippen molar-refractivity contribution in [2.75, 3.05) is 13.7 Å². The van der Waals surface area contributed by atoms with Crippen LogP contribution in [0.3, 0.4) is 0 Å². The predicted octanol–water partition coefficient (Wildman–Crippen LogP) is 3.31. The normalized spacial score (nSPS) is 20.9. The quantitative estimate of drug-likeness (QED) is 0.892. The van der Waals surface area contributed by atoms with E-state index in [4.69, 9.17) is 26.8 Å². The van der Waals surface area contributed by atoms with Crippen molar-refractivity contribution < 1.29 is 9.47 Å². The molecule has 0 aliphatic carbocycles. The van der Waals surface area contributed by atoms with Crippen LogP contribution in [-0.4, -0.2) is 19.8 Å². The van der Waals surface area contributed by atoms with Gasteiger partial charge < -0.3 is 15.2 Å². The first-order valence-electron chi connectivity index (χ1n) is 6.41. The highest BCUT2D eigenvalue weighted by Gasteiger charge is 2.17. The van der Waals surface area contributed by atoms with Crippen molar-refractivity contribution in [3.8, 4) is 5.75 Å². The number of methoxy groups -OCH3 is 1. The summed E-state index contributed by atoms with van der Waals surface area (Å²) in [5.74, 6) is 0.687. The Morgan fingerprint density at radius 3 is 3.00 bits per heavy atom. The summed E-state index contributed by atoms with van der Waals surface area (Å²) in [6, 6.07) is 5.74. The number of ether oxygens (including phenoxy) is 2. The van der Waals surface area contributed by atoms with Crippen molar-refractivity contribution in [2.45, 2.75) is 37.8 Å². The van der Waals surface area contributed by atoms with Gasteiger partial charge in [-0.1, -0.05) is 17.7 Å². The maximum atomic E-state index is 6.18. The van der Waals surface area contributed by atoms with Crippen LogP contribution in [0, 0.1) is 0 Å². The summed E-state index contributed by atoms with van der Waals surface area (Å²) in [5.41, 5.74) is 7.23. The molecule has 1 saturated heterocycles. The smallest absolute Gasteiger partial charge is 0.137 e. The molecule has 1 aliphatic rings. The summed E-state index contributed by atoms with van der Waals surface area (Å²) in [5, 5.41) is 0.613. The molecule has 0 saturated carbocycles. The SMILES string of the molecule is COc1ccc(C(N)CCC2CCCO2)cc1Cl. The summed E-state index contributed by atoms with van der Waals surface area (Å²) in [6.07, 6.45) is 4.67. The largest absolute Gasteiger partial charge is 0.495 e. The van der Waals surface area contributed by atoms with Gasteiger partial charge in [0.05, 0.1) is 18.2 Å². The van der Waals surface area contributed by atoms with Gasteiger partial charge in [-0.25, -0.2) is 0 Å². The molecular formula is C14H20ClNO2. The summed E-state index contributed by atoms with van der Waals surface area (Å²) in [4.78, 5) is 0. The van der Waals surface area contributed by atoms with Crippen molar-refractivity contribution in [3.05, 3.63) is 28.8 Å². The zero-order chi connectivity index (χ0) is 13.0. The summed E-state index contributed by atoms with van der Waals surface area (Å²) >= 11 is 6.10. The van der Waals surface area contributed by atoms with E-state index in [0.29, 0.717) is 16.9 Å².